The van der Waals surface area contributed by atoms with Crippen molar-refractivity contribution in [2.24, 2.45) is 0 Å². The average Bonchev–Trinajstić information content (AvgIpc) is 0.918. The van der Waals surface area contributed by atoms with Crippen LogP contribution < -0.4 is 88.7 Å². The Hall–Kier alpha value is 2.93. The molecule has 0 saturated carbocycles. The number of hydrogen-bond acceptors (Lipinski definition) is 0. The van der Waals surface area contributed by atoms with Crippen LogP contribution in [0.15, 0.2) is 0 Å². The summed E-state index contributed by atoms with van der Waals surface area (Å²) in [6.45, 7) is 4.25. The molecule has 0 nitrogen and oxygen atoms in total. The molecule has 0 aliphatic heterocycles. The summed E-state index contributed by atoms with van der Waals surface area (Å²) in [6, 6.07) is 0. The summed E-state index contributed by atoms with van der Waals surface area (Å²) in [5.41, 5.74) is 0. The molecular weight excluding hydrogens is 124 g/mol. The minimum Gasteiger partial charge on any atom is -1.00 e. The van der Waals surface area contributed by atoms with Gasteiger partial charge >= 0.3 is 90.1 Å². The largest absolute Gasteiger partial charge is 1.00 e. The summed E-state index contributed by atoms with van der Waals surface area (Å²) in [4.78, 5) is 0. The van der Waals surface area contributed by atoms with Gasteiger partial charge in [0.15, 0.2) is 0 Å². The van der Waals surface area contributed by atoms with Gasteiger partial charge in [-0.2, -0.15) is 0 Å². The van der Waals surface area contributed by atoms with E-state index < -0.39 is 0 Å². The van der Waals surface area contributed by atoms with Crippen LogP contribution in [-0.2, 0) is 0 Å². The summed E-state index contributed by atoms with van der Waals surface area (Å²) in [7, 11) is 0. The zero-order chi connectivity index (χ0) is 2.71. The van der Waals surface area contributed by atoms with Crippen molar-refractivity contribution in [3.8, 4) is 0 Å². The Morgan fingerprint density at radius 1 is 1.14 bits per heavy atom. The van der Waals surface area contributed by atoms with Gasteiger partial charge in [-0.05, 0) is 0 Å². The van der Waals surface area contributed by atoms with E-state index in [4.69, 9.17) is 0 Å². The fraction of sp³-hybridized carbons (Fsp3) is 1.00. The molecule has 0 rings (SSSR count). The standard InChI is InChI=1S/C3H8.FH.3Na.3H/c1-3-2;;;;;;;/h3H2,1-2H3;1H;;;;;;/q;;3*+1;3*-1/p+1. The minimum absolute atomic E-state index is 0. The van der Waals surface area contributed by atoms with E-state index in [2.05, 4.69) is 13.8 Å². The zero-order valence-corrected chi connectivity index (χ0v) is 12.1. The second-order valence-corrected chi connectivity index (χ2v) is 0.707. The maximum Gasteiger partial charge on any atom is 1.00 e. The van der Waals surface area contributed by atoms with Crippen LogP contribution in [0, 0.1) is 0 Å². The van der Waals surface area contributed by atoms with E-state index >= 15 is 0 Å². The normalized spacial score (nSPS) is 2.57. The van der Waals surface area contributed by atoms with E-state index in [1.54, 1.807) is 0 Å². The summed E-state index contributed by atoms with van der Waals surface area (Å²) in [5, 5.41) is 0. The van der Waals surface area contributed by atoms with Crippen molar-refractivity contribution in [2.45, 2.75) is 20.3 Å². The van der Waals surface area contributed by atoms with E-state index in [0.29, 0.717) is 0 Å². The SMILES string of the molecule is CCC.F.[H+].[H-].[H-].[H-].[Na+].[Na+].[Na+]. The van der Waals surface area contributed by atoms with Crippen molar-refractivity contribution in [3.05, 3.63) is 0 Å². The van der Waals surface area contributed by atoms with Crippen LogP contribution in [0.5, 0.6) is 0 Å². The molecule has 0 saturated heterocycles. The van der Waals surface area contributed by atoms with Crippen LogP contribution >= 0.6 is 0 Å². The summed E-state index contributed by atoms with van der Waals surface area (Å²) >= 11 is 0. The molecule has 0 aliphatic carbocycles. The van der Waals surface area contributed by atoms with Gasteiger partial charge in [0.2, 0.25) is 0 Å². The van der Waals surface area contributed by atoms with Crippen molar-refractivity contribution < 1.29 is 99.1 Å². The molecule has 4 heteroatoms. The average molecular weight is 137 g/mol. The van der Waals surface area contributed by atoms with Gasteiger partial charge in [0.1, 0.15) is 0 Å². The maximum atomic E-state index is 2.12. The van der Waals surface area contributed by atoms with Crippen LogP contribution in [0.3, 0.4) is 0 Å². The quantitative estimate of drug-likeness (QED) is 0.291. The first-order valence-electron chi connectivity index (χ1n) is 1.41. The Labute approximate surface area is 117 Å². The fourth-order valence-electron chi connectivity index (χ4n) is 0. The molecular formula is C3H13FNa3+. The molecule has 34 valence electrons. The molecule has 0 bridgehead atoms. The molecule has 0 aromatic rings. The molecule has 7 heavy (non-hydrogen) atoms. The van der Waals surface area contributed by atoms with Crippen LogP contribution in [-0.4, -0.2) is 0 Å². The summed E-state index contributed by atoms with van der Waals surface area (Å²) in [6.07, 6.45) is 1.25. The smallest absolute Gasteiger partial charge is 1.00 e. The topological polar surface area (TPSA) is 0 Å². The third-order valence-electron chi connectivity index (χ3n) is 0. The molecule has 0 aliphatic rings. The van der Waals surface area contributed by atoms with Gasteiger partial charge in [-0.3, -0.25) is 4.70 Å². The molecule has 0 spiro atoms. The molecule has 0 heterocycles. The second kappa shape index (κ2) is 36.4. The van der Waals surface area contributed by atoms with Crippen molar-refractivity contribution >= 4 is 0 Å². The number of hydrogen-bond donors (Lipinski definition) is 0. The molecule has 0 fully saturated rings. The van der Waals surface area contributed by atoms with Crippen molar-refractivity contribution in [1.29, 1.82) is 0 Å². The van der Waals surface area contributed by atoms with Crippen molar-refractivity contribution in [3.63, 3.8) is 0 Å². The third-order valence-corrected chi connectivity index (χ3v) is 0. The van der Waals surface area contributed by atoms with Crippen LogP contribution in [0.25, 0.3) is 0 Å². The van der Waals surface area contributed by atoms with Crippen LogP contribution in [0.2, 0.25) is 0 Å². The molecule has 0 N–H and O–H groups in total. The second-order valence-electron chi connectivity index (χ2n) is 0.707. The summed E-state index contributed by atoms with van der Waals surface area (Å²) < 4.78 is 0. The van der Waals surface area contributed by atoms with Gasteiger partial charge in [0.25, 0.3) is 0 Å². The van der Waals surface area contributed by atoms with E-state index in [-0.39, 0.29) is 99.1 Å². The van der Waals surface area contributed by atoms with E-state index in [1.165, 1.54) is 6.42 Å². The van der Waals surface area contributed by atoms with Crippen LogP contribution in [0.4, 0.5) is 4.70 Å². The van der Waals surface area contributed by atoms with Crippen LogP contribution in [0.1, 0.15) is 26.0 Å². The Morgan fingerprint density at radius 2 is 1.14 bits per heavy atom. The fourth-order valence-corrected chi connectivity index (χ4v) is 0. The van der Waals surface area contributed by atoms with Gasteiger partial charge in [0, 0.05) is 0 Å². The van der Waals surface area contributed by atoms with Gasteiger partial charge in [-0.1, -0.05) is 20.3 Å². The van der Waals surface area contributed by atoms with E-state index in [1.807, 2.05) is 0 Å². The Bertz CT molecular complexity index is 20.5. The van der Waals surface area contributed by atoms with Gasteiger partial charge in [-0.25, -0.2) is 0 Å². The molecule has 0 radical (unpaired) electrons. The molecule has 0 aromatic carbocycles. The minimum atomic E-state index is 0. The first-order chi connectivity index (χ1) is 1.41. The Balaban J connectivity index is -0.000000000714. The maximum absolute atomic E-state index is 2.12. The third kappa shape index (κ3) is 50.0. The Kier molecular flexibility index (Phi) is 169. The Morgan fingerprint density at radius 3 is 1.14 bits per heavy atom. The zero-order valence-electron chi connectivity index (χ0n) is 10.1. The van der Waals surface area contributed by atoms with E-state index in [9.17, 15) is 0 Å². The predicted molar refractivity (Wildman–Crippen MR) is 22.9 cm³/mol. The van der Waals surface area contributed by atoms with Gasteiger partial charge in [0.05, 0.1) is 0 Å². The molecule has 0 amide bonds. The summed E-state index contributed by atoms with van der Waals surface area (Å²) in [5.74, 6) is 0. The van der Waals surface area contributed by atoms with Crippen molar-refractivity contribution in [2.75, 3.05) is 0 Å². The predicted octanol–water partition coefficient (Wildman–Crippen LogP) is -6.97. The molecule has 0 atom stereocenters. The van der Waals surface area contributed by atoms with E-state index in [0.717, 1.165) is 0 Å². The molecule has 0 aromatic heterocycles. The monoisotopic (exact) mass is 137 g/mol. The van der Waals surface area contributed by atoms with Gasteiger partial charge in [-0.15, -0.1) is 0 Å². The number of halogens is 1. The van der Waals surface area contributed by atoms with Gasteiger partial charge < -0.3 is 4.28 Å². The number of rotatable bonds is 0. The van der Waals surface area contributed by atoms with Crippen molar-refractivity contribution in [1.82, 2.24) is 0 Å². The first-order valence-corrected chi connectivity index (χ1v) is 1.41. The first kappa shape index (κ1) is 32.6. The molecule has 0 unspecified atom stereocenters.